The molecule has 124 valence electrons. The zero-order valence-corrected chi connectivity index (χ0v) is 12.8. The van der Waals surface area contributed by atoms with Crippen molar-refractivity contribution in [3.05, 3.63) is 65.1 Å². The molecule has 0 aliphatic carbocycles. The van der Waals surface area contributed by atoms with Crippen molar-refractivity contribution >= 4 is 23.5 Å². The summed E-state index contributed by atoms with van der Waals surface area (Å²) in [6.45, 7) is 1.42. The van der Waals surface area contributed by atoms with Crippen LogP contribution in [0.4, 0.5) is 5.69 Å². The standard InChI is InChI=1S/C16H15N3O5/c1-10(24-16(22)12-6-8-19(23)9-7-12)15(21)18-13-4-2-11(3-5-13)14(17)20/h2-10H,1H3,(H2,17,20)(H,18,21)/t10-/m0/s1. The Morgan fingerprint density at radius 1 is 1.08 bits per heavy atom. The van der Waals surface area contributed by atoms with Gasteiger partial charge in [-0.3, -0.25) is 9.59 Å². The van der Waals surface area contributed by atoms with Crippen LogP contribution >= 0.6 is 0 Å². The third-order valence-electron chi connectivity index (χ3n) is 3.13. The lowest BCUT2D eigenvalue weighted by Gasteiger charge is -2.13. The number of nitrogens with one attached hydrogen (secondary N) is 1. The molecule has 1 atom stereocenters. The maximum absolute atomic E-state index is 12.0. The molecule has 2 aromatic rings. The van der Waals surface area contributed by atoms with Crippen molar-refractivity contribution in [2.24, 2.45) is 5.73 Å². The van der Waals surface area contributed by atoms with Crippen molar-refractivity contribution in [1.82, 2.24) is 0 Å². The van der Waals surface area contributed by atoms with Crippen LogP contribution in [0, 0.1) is 5.21 Å². The minimum atomic E-state index is -1.05. The van der Waals surface area contributed by atoms with E-state index >= 15 is 0 Å². The lowest BCUT2D eigenvalue weighted by Crippen LogP contribution is -2.30. The zero-order valence-electron chi connectivity index (χ0n) is 12.8. The predicted molar refractivity (Wildman–Crippen MR) is 83.9 cm³/mol. The Balaban J connectivity index is 1.95. The summed E-state index contributed by atoms with van der Waals surface area (Å²) in [5.41, 5.74) is 6.03. The van der Waals surface area contributed by atoms with Gasteiger partial charge in [-0.25, -0.2) is 4.79 Å². The van der Waals surface area contributed by atoms with E-state index in [2.05, 4.69) is 5.32 Å². The first-order valence-corrected chi connectivity index (χ1v) is 6.97. The number of benzene rings is 1. The van der Waals surface area contributed by atoms with Crippen molar-refractivity contribution in [3.8, 4) is 0 Å². The zero-order chi connectivity index (χ0) is 17.7. The van der Waals surface area contributed by atoms with Crippen LogP contribution in [0.3, 0.4) is 0 Å². The normalized spacial score (nSPS) is 11.4. The van der Waals surface area contributed by atoms with Crippen LogP contribution in [-0.2, 0) is 9.53 Å². The second kappa shape index (κ2) is 7.23. The van der Waals surface area contributed by atoms with E-state index < -0.39 is 23.9 Å². The molecule has 8 nitrogen and oxygen atoms in total. The number of hydrogen-bond acceptors (Lipinski definition) is 5. The van der Waals surface area contributed by atoms with Crippen LogP contribution < -0.4 is 15.8 Å². The van der Waals surface area contributed by atoms with Crippen molar-refractivity contribution in [3.63, 3.8) is 0 Å². The first-order chi connectivity index (χ1) is 11.4. The molecule has 0 saturated carbocycles. The molecule has 0 fully saturated rings. The van der Waals surface area contributed by atoms with Crippen molar-refractivity contribution in [2.75, 3.05) is 5.32 Å². The number of nitrogens with two attached hydrogens (primary N) is 1. The van der Waals surface area contributed by atoms with E-state index in [0.29, 0.717) is 16.0 Å². The summed E-state index contributed by atoms with van der Waals surface area (Å²) in [7, 11) is 0. The number of nitrogens with zero attached hydrogens (tertiary/aromatic N) is 1. The number of carbonyl (C=O) groups excluding carboxylic acids is 3. The average Bonchev–Trinajstić information content (AvgIpc) is 2.55. The number of aromatic nitrogens is 1. The summed E-state index contributed by atoms with van der Waals surface area (Å²) in [5, 5.41) is 13.5. The van der Waals surface area contributed by atoms with Gasteiger partial charge in [-0.1, -0.05) is 0 Å². The maximum atomic E-state index is 12.0. The summed E-state index contributed by atoms with van der Waals surface area (Å²) in [6.07, 6.45) is 1.26. The van der Waals surface area contributed by atoms with Crippen LogP contribution in [0.5, 0.6) is 0 Å². The summed E-state index contributed by atoms with van der Waals surface area (Å²) < 4.78 is 5.57. The summed E-state index contributed by atoms with van der Waals surface area (Å²) in [5.74, 6) is -1.83. The molecule has 0 unspecified atom stereocenters. The van der Waals surface area contributed by atoms with Gasteiger partial charge in [-0.05, 0) is 31.2 Å². The van der Waals surface area contributed by atoms with E-state index in [4.69, 9.17) is 10.5 Å². The number of amides is 2. The van der Waals surface area contributed by atoms with Gasteiger partial charge >= 0.3 is 5.97 Å². The lowest BCUT2D eigenvalue weighted by molar-refractivity contribution is -0.605. The van der Waals surface area contributed by atoms with Crippen LogP contribution in [-0.4, -0.2) is 23.9 Å². The molecule has 0 spiro atoms. The summed E-state index contributed by atoms with van der Waals surface area (Å²) in [4.78, 5) is 34.9. The van der Waals surface area contributed by atoms with Gasteiger partial charge in [0.1, 0.15) is 0 Å². The van der Waals surface area contributed by atoms with Crippen LogP contribution in [0.2, 0.25) is 0 Å². The van der Waals surface area contributed by atoms with E-state index in [9.17, 15) is 19.6 Å². The lowest BCUT2D eigenvalue weighted by atomic mass is 10.2. The van der Waals surface area contributed by atoms with Crippen molar-refractivity contribution in [2.45, 2.75) is 13.0 Å². The van der Waals surface area contributed by atoms with Gasteiger partial charge in [0, 0.05) is 23.4 Å². The fourth-order valence-electron chi connectivity index (χ4n) is 1.79. The summed E-state index contributed by atoms with van der Waals surface area (Å²) in [6, 6.07) is 8.55. The van der Waals surface area contributed by atoms with E-state index in [1.54, 1.807) is 0 Å². The monoisotopic (exact) mass is 329 g/mol. The molecule has 8 heteroatoms. The highest BCUT2D eigenvalue weighted by molar-refractivity contribution is 5.98. The first kappa shape index (κ1) is 16.9. The quantitative estimate of drug-likeness (QED) is 0.472. The Labute approximate surface area is 137 Å². The van der Waals surface area contributed by atoms with Gasteiger partial charge < -0.3 is 21.0 Å². The molecule has 1 aromatic heterocycles. The van der Waals surface area contributed by atoms with Gasteiger partial charge in [-0.15, -0.1) is 0 Å². The number of primary amides is 1. The van der Waals surface area contributed by atoms with E-state index in [1.807, 2.05) is 0 Å². The molecule has 0 saturated heterocycles. The second-order valence-corrected chi connectivity index (χ2v) is 4.93. The number of hydrogen-bond donors (Lipinski definition) is 2. The van der Waals surface area contributed by atoms with Crippen molar-refractivity contribution < 1.29 is 23.9 Å². The molecular weight excluding hydrogens is 314 g/mol. The number of pyridine rings is 1. The van der Waals surface area contributed by atoms with Crippen LogP contribution in [0.25, 0.3) is 0 Å². The SMILES string of the molecule is C[C@H](OC(=O)c1cc[n+]([O-])cc1)C(=O)Nc1ccc(C(N)=O)cc1. The molecule has 1 heterocycles. The fourth-order valence-corrected chi connectivity index (χ4v) is 1.79. The molecule has 0 bridgehead atoms. The molecule has 2 rings (SSSR count). The molecule has 1 aromatic carbocycles. The number of ether oxygens (including phenoxy) is 1. The van der Waals surface area contributed by atoms with Crippen LogP contribution in [0.15, 0.2) is 48.8 Å². The Kier molecular flexibility index (Phi) is 5.10. The first-order valence-electron chi connectivity index (χ1n) is 6.97. The summed E-state index contributed by atoms with van der Waals surface area (Å²) >= 11 is 0. The number of carbonyl (C=O) groups is 3. The molecule has 3 N–H and O–H groups in total. The van der Waals surface area contributed by atoms with Gasteiger partial charge in [0.2, 0.25) is 5.91 Å². The highest BCUT2D eigenvalue weighted by Crippen LogP contribution is 2.11. The van der Waals surface area contributed by atoms with Crippen LogP contribution in [0.1, 0.15) is 27.6 Å². The minimum absolute atomic E-state index is 0.160. The number of esters is 1. The van der Waals surface area contributed by atoms with Gasteiger partial charge in [0.15, 0.2) is 18.5 Å². The second-order valence-electron chi connectivity index (χ2n) is 4.93. The Morgan fingerprint density at radius 2 is 1.67 bits per heavy atom. The average molecular weight is 329 g/mol. The third-order valence-corrected chi connectivity index (χ3v) is 3.13. The Morgan fingerprint density at radius 3 is 2.21 bits per heavy atom. The number of rotatable bonds is 5. The predicted octanol–water partition coefficient (Wildman–Crippen LogP) is 0.603. The number of anilines is 1. The van der Waals surface area contributed by atoms with Gasteiger partial charge in [0.25, 0.3) is 5.91 Å². The Bertz CT molecular complexity index is 756. The van der Waals surface area contributed by atoms with E-state index in [-0.39, 0.29) is 5.56 Å². The topological polar surface area (TPSA) is 125 Å². The molecule has 0 radical (unpaired) electrons. The van der Waals surface area contributed by atoms with Gasteiger partial charge in [-0.2, -0.15) is 4.73 Å². The fraction of sp³-hybridized carbons (Fsp3) is 0.125. The smallest absolute Gasteiger partial charge is 0.339 e. The molecule has 0 aliphatic rings. The Hall–Kier alpha value is -3.42. The molecule has 2 amide bonds. The molecular formula is C16H15N3O5. The largest absolute Gasteiger partial charge is 0.619 e. The van der Waals surface area contributed by atoms with E-state index in [0.717, 1.165) is 12.4 Å². The molecule has 0 aliphatic heterocycles. The third kappa shape index (κ3) is 4.29. The maximum Gasteiger partial charge on any atom is 0.339 e. The van der Waals surface area contributed by atoms with Gasteiger partial charge in [0.05, 0.1) is 5.56 Å². The highest BCUT2D eigenvalue weighted by Gasteiger charge is 2.19. The van der Waals surface area contributed by atoms with Crippen molar-refractivity contribution in [1.29, 1.82) is 0 Å². The van der Waals surface area contributed by atoms with E-state index in [1.165, 1.54) is 43.3 Å². The minimum Gasteiger partial charge on any atom is -0.619 e. The highest BCUT2D eigenvalue weighted by atomic mass is 16.5. The molecule has 24 heavy (non-hydrogen) atoms.